The minimum absolute atomic E-state index is 0.177. The largest absolute Gasteiger partial charge is 0.439 e. The fraction of sp³-hybridized carbons (Fsp3) is 0.286. The molecule has 37 heavy (non-hydrogen) atoms. The highest BCUT2D eigenvalue weighted by molar-refractivity contribution is 5.99. The van der Waals surface area contributed by atoms with Crippen LogP contribution in [0.1, 0.15) is 51.8 Å². The molecule has 9 nitrogen and oxygen atoms in total. The van der Waals surface area contributed by atoms with Gasteiger partial charge in [0.2, 0.25) is 5.88 Å². The number of ether oxygens (including phenoxy) is 1. The van der Waals surface area contributed by atoms with E-state index in [1.165, 1.54) is 11.9 Å². The molecule has 0 atom stereocenters. The maximum absolute atomic E-state index is 12.9. The lowest BCUT2D eigenvalue weighted by Gasteiger charge is -2.14. The lowest BCUT2D eigenvalue weighted by Crippen LogP contribution is -2.21. The number of hydrogen-bond acceptors (Lipinski definition) is 6. The predicted octanol–water partition coefficient (Wildman–Crippen LogP) is 6.56. The molecule has 0 radical (unpaired) electrons. The Hall–Kier alpha value is -4.40. The molecule has 0 saturated heterocycles. The van der Waals surface area contributed by atoms with Crippen molar-refractivity contribution in [1.29, 1.82) is 0 Å². The molecule has 0 fully saturated rings. The fourth-order valence-electron chi connectivity index (χ4n) is 3.57. The van der Waals surface area contributed by atoms with Crippen molar-refractivity contribution in [2.24, 2.45) is 0 Å². The Balaban J connectivity index is 1.48. The number of aromatic nitrogens is 4. The van der Waals surface area contributed by atoms with Gasteiger partial charge >= 0.3 is 6.03 Å². The summed E-state index contributed by atoms with van der Waals surface area (Å²) < 4.78 is 7.53. The van der Waals surface area contributed by atoms with Crippen molar-refractivity contribution < 1.29 is 9.53 Å². The fourth-order valence-corrected chi connectivity index (χ4v) is 3.57. The summed E-state index contributed by atoms with van der Waals surface area (Å²) in [4.78, 5) is 21.1. The molecule has 0 saturated carbocycles. The number of anilines is 3. The third kappa shape index (κ3) is 6.43. The van der Waals surface area contributed by atoms with E-state index in [1.807, 2.05) is 18.2 Å². The average molecular weight is 500 g/mol. The highest BCUT2D eigenvalue weighted by atomic mass is 16.5. The Morgan fingerprint density at radius 1 is 0.946 bits per heavy atom. The van der Waals surface area contributed by atoms with Gasteiger partial charge in [-0.05, 0) is 47.9 Å². The molecule has 0 spiro atoms. The Bertz CT molecular complexity index is 1350. The van der Waals surface area contributed by atoms with Crippen LogP contribution in [0.25, 0.3) is 5.69 Å². The lowest BCUT2D eigenvalue weighted by atomic mass is 9.92. The molecule has 2 amide bonds. The van der Waals surface area contributed by atoms with Gasteiger partial charge in [0.05, 0.1) is 11.4 Å². The minimum atomic E-state index is -0.372. The first kappa shape index (κ1) is 25.7. The third-order valence-corrected chi connectivity index (χ3v) is 5.76. The van der Waals surface area contributed by atoms with Gasteiger partial charge in [0.25, 0.3) is 0 Å². The first-order chi connectivity index (χ1) is 17.6. The monoisotopic (exact) mass is 499 g/mol. The number of urea groups is 1. The van der Waals surface area contributed by atoms with E-state index in [0.29, 0.717) is 34.9 Å². The lowest BCUT2D eigenvalue weighted by molar-refractivity contribution is 0.262. The Morgan fingerprint density at radius 3 is 2.27 bits per heavy atom. The van der Waals surface area contributed by atoms with Crippen LogP contribution in [0.4, 0.5) is 22.1 Å². The van der Waals surface area contributed by atoms with Crippen molar-refractivity contribution in [3.05, 3.63) is 78.2 Å². The summed E-state index contributed by atoms with van der Waals surface area (Å²) in [6.07, 6.45) is 1.43. The van der Waals surface area contributed by atoms with Gasteiger partial charge in [0.15, 0.2) is 0 Å². The van der Waals surface area contributed by atoms with Crippen molar-refractivity contribution in [2.45, 2.75) is 46.0 Å². The quantitative estimate of drug-likeness (QED) is 0.266. The van der Waals surface area contributed by atoms with Gasteiger partial charge in [-0.2, -0.15) is 5.10 Å². The molecule has 2 aromatic heterocycles. The zero-order valence-electron chi connectivity index (χ0n) is 22.0. The molecule has 2 heterocycles. The molecular weight excluding hydrogens is 466 g/mol. The molecule has 0 aliphatic rings. The molecule has 0 bridgehead atoms. The normalized spacial score (nSPS) is 11.3. The molecule has 0 aliphatic carbocycles. The molecular formula is C28H33N7O2. The van der Waals surface area contributed by atoms with Gasteiger partial charge < -0.3 is 15.4 Å². The van der Waals surface area contributed by atoms with E-state index in [1.54, 1.807) is 42.1 Å². The summed E-state index contributed by atoms with van der Waals surface area (Å²) in [7, 11) is 1.77. The third-order valence-electron chi connectivity index (χ3n) is 5.76. The molecule has 4 aromatic rings. The second kappa shape index (κ2) is 10.7. The maximum atomic E-state index is 12.9. The maximum Gasteiger partial charge on any atom is 0.324 e. The summed E-state index contributed by atoms with van der Waals surface area (Å²) >= 11 is 0. The number of carbonyl (C=O) groups is 1. The van der Waals surface area contributed by atoms with Crippen molar-refractivity contribution in [3.8, 4) is 17.3 Å². The molecule has 192 valence electrons. The summed E-state index contributed by atoms with van der Waals surface area (Å²) in [6, 6.07) is 18.5. The van der Waals surface area contributed by atoms with Crippen molar-refractivity contribution >= 4 is 23.4 Å². The summed E-state index contributed by atoms with van der Waals surface area (Å²) in [5.74, 6) is 2.68. The van der Waals surface area contributed by atoms with Gasteiger partial charge in [-0.3, -0.25) is 5.32 Å². The summed E-state index contributed by atoms with van der Waals surface area (Å²) in [5.41, 5.74) is 3.44. The topological polar surface area (TPSA) is 106 Å². The second-order valence-corrected chi connectivity index (χ2v) is 10.0. The number of nitrogens with one attached hydrogen (secondary N) is 3. The average Bonchev–Trinajstić information content (AvgIpc) is 3.29. The van der Waals surface area contributed by atoms with E-state index >= 15 is 0 Å². The van der Waals surface area contributed by atoms with E-state index < -0.39 is 0 Å². The van der Waals surface area contributed by atoms with E-state index in [2.05, 4.69) is 72.7 Å². The van der Waals surface area contributed by atoms with Gasteiger partial charge in [-0.1, -0.05) is 46.8 Å². The number of carbonyl (C=O) groups excluding carboxylic acids is 1. The predicted molar refractivity (Wildman–Crippen MR) is 147 cm³/mol. The van der Waals surface area contributed by atoms with Crippen molar-refractivity contribution in [2.75, 3.05) is 23.0 Å². The molecule has 0 unspecified atom stereocenters. The minimum Gasteiger partial charge on any atom is -0.439 e. The van der Waals surface area contributed by atoms with Crippen LogP contribution in [0, 0.1) is 0 Å². The van der Waals surface area contributed by atoms with Crippen LogP contribution >= 0.6 is 0 Å². The molecule has 4 rings (SSSR count). The van der Waals surface area contributed by atoms with Gasteiger partial charge in [-0.15, -0.1) is 0 Å². The van der Waals surface area contributed by atoms with Crippen LogP contribution in [0.2, 0.25) is 0 Å². The van der Waals surface area contributed by atoms with Crippen LogP contribution in [-0.4, -0.2) is 32.8 Å². The highest BCUT2D eigenvalue weighted by Crippen LogP contribution is 2.28. The van der Waals surface area contributed by atoms with Crippen LogP contribution in [0.5, 0.6) is 11.6 Å². The van der Waals surface area contributed by atoms with Crippen molar-refractivity contribution in [1.82, 2.24) is 19.7 Å². The molecule has 0 aliphatic heterocycles. The van der Waals surface area contributed by atoms with E-state index in [0.717, 1.165) is 11.4 Å². The van der Waals surface area contributed by atoms with Gasteiger partial charge in [-0.25, -0.2) is 19.4 Å². The molecule has 3 N–H and O–H groups in total. The first-order valence-corrected chi connectivity index (χ1v) is 12.2. The van der Waals surface area contributed by atoms with E-state index in [-0.39, 0.29) is 11.4 Å². The summed E-state index contributed by atoms with van der Waals surface area (Å²) in [5, 5.41) is 13.6. The van der Waals surface area contributed by atoms with Gasteiger partial charge in [0, 0.05) is 30.3 Å². The molecule has 9 heteroatoms. The number of benzene rings is 2. The van der Waals surface area contributed by atoms with Crippen molar-refractivity contribution in [3.63, 3.8) is 0 Å². The zero-order chi connectivity index (χ0) is 26.6. The zero-order valence-corrected chi connectivity index (χ0v) is 22.0. The molecule has 2 aromatic carbocycles. The Morgan fingerprint density at radius 2 is 1.65 bits per heavy atom. The number of hydrogen-bond donors (Lipinski definition) is 3. The number of amides is 2. The van der Waals surface area contributed by atoms with Crippen LogP contribution in [-0.2, 0) is 5.41 Å². The Labute approximate surface area is 217 Å². The smallest absolute Gasteiger partial charge is 0.324 e. The Kier molecular flexibility index (Phi) is 7.42. The van der Waals surface area contributed by atoms with E-state index in [4.69, 9.17) is 9.84 Å². The highest BCUT2D eigenvalue weighted by Gasteiger charge is 2.21. The first-order valence-electron chi connectivity index (χ1n) is 12.2. The van der Waals surface area contributed by atoms with Crippen LogP contribution in [0.15, 0.2) is 67.0 Å². The standard InChI is InChI=1S/C28H33N7O2/c1-18(2)19-7-11-21(12-8-19)35-25(15-23(34-35)28(3,4)5)33-27(36)32-20-9-13-22(14-10-20)37-26-16-24(29-6)30-17-31-26/h7-18H,1-6H3,(H,29,30,31)(H2,32,33,36). The van der Waals surface area contributed by atoms with Crippen LogP contribution in [0.3, 0.4) is 0 Å². The van der Waals surface area contributed by atoms with Crippen LogP contribution < -0.4 is 20.7 Å². The van der Waals surface area contributed by atoms with E-state index in [9.17, 15) is 4.79 Å². The SMILES string of the molecule is CNc1cc(Oc2ccc(NC(=O)Nc3cc(C(C)(C)C)nn3-c3ccc(C(C)C)cc3)cc2)ncn1. The number of rotatable bonds is 7. The summed E-state index contributed by atoms with van der Waals surface area (Å²) in [6.45, 7) is 10.6. The second-order valence-electron chi connectivity index (χ2n) is 10.0. The number of nitrogens with zero attached hydrogens (tertiary/aromatic N) is 4. The van der Waals surface area contributed by atoms with Gasteiger partial charge in [0.1, 0.15) is 23.7 Å².